The smallest absolute Gasteiger partial charge is 0.308 e. The van der Waals surface area contributed by atoms with Crippen molar-refractivity contribution in [1.82, 2.24) is 4.90 Å². The van der Waals surface area contributed by atoms with Crippen LogP contribution < -0.4 is 4.18 Å². The molecule has 1 aromatic carbocycles. The first-order valence-corrected chi connectivity index (χ1v) is 9.59. The number of amides is 1. The third kappa shape index (κ3) is 5.86. The monoisotopic (exact) mass is 341 g/mol. The molecule has 0 radical (unpaired) electrons. The van der Waals surface area contributed by atoms with E-state index in [2.05, 4.69) is 6.92 Å². The zero-order valence-corrected chi connectivity index (χ0v) is 15.4. The summed E-state index contributed by atoms with van der Waals surface area (Å²) in [6.07, 6.45) is 0.883. The molecule has 1 aromatic rings. The Bertz CT molecular complexity index is 608. The third-order valence-corrected chi connectivity index (χ3v) is 4.91. The SMILES string of the molecule is CC[C@@H](C)N(Cc1ccc(OS(=O)(=O)CC)cc1)C(=O)C(C)C. The molecule has 0 aliphatic heterocycles. The fourth-order valence-electron chi connectivity index (χ4n) is 2.06. The van der Waals surface area contributed by atoms with Crippen LogP contribution in [0.3, 0.4) is 0 Å². The van der Waals surface area contributed by atoms with Crippen molar-refractivity contribution < 1.29 is 17.4 Å². The molecule has 0 unspecified atom stereocenters. The molecule has 0 saturated carbocycles. The molecule has 0 bridgehead atoms. The van der Waals surface area contributed by atoms with Crippen LogP contribution in [0.4, 0.5) is 0 Å². The van der Waals surface area contributed by atoms with Gasteiger partial charge in [-0.1, -0.05) is 32.9 Å². The molecular weight excluding hydrogens is 314 g/mol. The Morgan fingerprint density at radius 3 is 2.13 bits per heavy atom. The van der Waals surface area contributed by atoms with Gasteiger partial charge in [-0.3, -0.25) is 4.79 Å². The van der Waals surface area contributed by atoms with Gasteiger partial charge >= 0.3 is 10.1 Å². The number of benzene rings is 1. The van der Waals surface area contributed by atoms with Gasteiger partial charge in [0.05, 0.1) is 5.75 Å². The highest BCUT2D eigenvalue weighted by Crippen LogP contribution is 2.18. The summed E-state index contributed by atoms with van der Waals surface area (Å²) in [5.41, 5.74) is 0.945. The van der Waals surface area contributed by atoms with E-state index in [0.717, 1.165) is 12.0 Å². The maximum absolute atomic E-state index is 12.4. The van der Waals surface area contributed by atoms with E-state index in [-0.39, 0.29) is 23.6 Å². The van der Waals surface area contributed by atoms with Crippen LogP contribution in [0.2, 0.25) is 0 Å². The number of carbonyl (C=O) groups excluding carboxylic acids is 1. The molecule has 0 aliphatic rings. The zero-order chi connectivity index (χ0) is 17.6. The first kappa shape index (κ1) is 19.5. The summed E-state index contributed by atoms with van der Waals surface area (Å²) in [5.74, 6) is 0.287. The van der Waals surface area contributed by atoms with E-state index in [4.69, 9.17) is 4.18 Å². The molecule has 130 valence electrons. The van der Waals surface area contributed by atoms with Crippen molar-refractivity contribution in [3.63, 3.8) is 0 Å². The molecule has 23 heavy (non-hydrogen) atoms. The van der Waals surface area contributed by atoms with Crippen LogP contribution in [0.5, 0.6) is 5.75 Å². The summed E-state index contributed by atoms with van der Waals surface area (Å²) in [5, 5.41) is 0. The van der Waals surface area contributed by atoms with E-state index < -0.39 is 10.1 Å². The van der Waals surface area contributed by atoms with Crippen LogP contribution >= 0.6 is 0 Å². The van der Waals surface area contributed by atoms with Crippen LogP contribution in [0, 0.1) is 5.92 Å². The van der Waals surface area contributed by atoms with Crippen molar-refractivity contribution in [2.24, 2.45) is 5.92 Å². The molecular formula is C17H27NO4S. The molecule has 0 aliphatic carbocycles. The molecule has 5 nitrogen and oxygen atoms in total. The van der Waals surface area contributed by atoms with E-state index in [1.807, 2.05) is 25.7 Å². The summed E-state index contributed by atoms with van der Waals surface area (Å²) < 4.78 is 27.9. The van der Waals surface area contributed by atoms with E-state index >= 15 is 0 Å². The van der Waals surface area contributed by atoms with E-state index in [9.17, 15) is 13.2 Å². The Morgan fingerprint density at radius 1 is 1.13 bits per heavy atom. The second-order valence-corrected chi connectivity index (χ2v) is 7.81. The lowest BCUT2D eigenvalue weighted by Crippen LogP contribution is -2.40. The molecule has 1 atom stereocenters. The number of hydrogen-bond acceptors (Lipinski definition) is 4. The molecule has 0 saturated heterocycles. The summed E-state index contributed by atoms with van der Waals surface area (Å²) in [4.78, 5) is 14.2. The number of rotatable bonds is 8. The van der Waals surface area contributed by atoms with Gasteiger partial charge < -0.3 is 9.08 Å². The van der Waals surface area contributed by atoms with Gasteiger partial charge in [-0.15, -0.1) is 0 Å². The van der Waals surface area contributed by atoms with Crippen molar-refractivity contribution in [1.29, 1.82) is 0 Å². The lowest BCUT2D eigenvalue weighted by molar-refractivity contribution is -0.137. The van der Waals surface area contributed by atoms with Crippen molar-refractivity contribution >= 4 is 16.0 Å². The first-order chi connectivity index (χ1) is 10.7. The summed E-state index contributed by atoms with van der Waals surface area (Å²) >= 11 is 0. The number of carbonyl (C=O) groups is 1. The van der Waals surface area contributed by atoms with Gasteiger partial charge in [-0.25, -0.2) is 0 Å². The van der Waals surface area contributed by atoms with Crippen molar-refractivity contribution in [2.75, 3.05) is 5.75 Å². The Balaban J connectivity index is 2.88. The molecule has 6 heteroatoms. The van der Waals surface area contributed by atoms with E-state index in [1.54, 1.807) is 24.3 Å². The average molecular weight is 341 g/mol. The Labute approximate surface area is 139 Å². The van der Waals surface area contributed by atoms with Crippen molar-refractivity contribution in [3.05, 3.63) is 29.8 Å². The molecule has 0 heterocycles. The maximum atomic E-state index is 12.4. The van der Waals surface area contributed by atoms with Crippen LogP contribution in [-0.2, 0) is 21.5 Å². The molecule has 1 amide bonds. The Kier molecular flexibility index (Phi) is 7.06. The summed E-state index contributed by atoms with van der Waals surface area (Å²) in [6, 6.07) is 6.99. The normalized spacial score (nSPS) is 13.0. The molecule has 0 aromatic heterocycles. The quantitative estimate of drug-likeness (QED) is 0.681. The molecule has 1 rings (SSSR count). The van der Waals surface area contributed by atoms with Gasteiger partial charge in [0.25, 0.3) is 0 Å². The fourth-order valence-corrected chi connectivity index (χ4v) is 2.58. The summed E-state index contributed by atoms with van der Waals surface area (Å²) in [6.45, 7) is 9.91. The Morgan fingerprint density at radius 2 is 1.70 bits per heavy atom. The number of hydrogen-bond donors (Lipinski definition) is 0. The van der Waals surface area contributed by atoms with Gasteiger partial charge in [-0.05, 0) is 38.0 Å². The van der Waals surface area contributed by atoms with Crippen LogP contribution in [0.25, 0.3) is 0 Å². The predicted octanol–water partition coefficient (Wildman–Crippen LogP) is 3.20. The lowest BCUT2D eigenvalue weighted by atomic mass is 10.1. The van der Waals surface area contributed by atoms with E-state index in [0.29, 0.717) is 12.3 Å². The van der Waals surface area contributed by atoms with Gasteiger partial charge in [0.15, 0.2) is 0 Å². The van der Waals surface area contributed by atoms with Gasteiger partial charge in [0.1, 0.15) is 5.75 Å². The fraction of sp³-hybridized carbons (Fsp3) is 0.588. The highest BCUT2D eigenvalue weighted by atomic mass is 32.2. The highest BCUT2D eigenvalue weighted by molar-refractivity contribution is 7.87. The van der Waals surface area contributed by atoms with Crippen LogP contribution in [-0.4, -0.2) is 31.0 Å². The third-order valence-electron chi connectivity index (χ3n) is 3.75. The summed E-state index contributed by atoms with van der Waals surface area (Å²) in [7, 11) is -3.52. The van der Waals surface area contributed by atoms with Gasteiger partial charge in [0, 0.05) is 18.5 Å². The molecule has 0 N–H and O–H groups in total. The highest BCUT2D eigenvalue weighted by Gasteiger charge is 2.21. The zero-order valence-electron chi connectivity index (χ0n) is 14.6. The minimum absolute atomic E-state index is 0.0543. The largest absolute Gasteiger partial charge is 0.382 e. The second-order valence-electron chi connectivity index (χ2n) is 5.95. The second kappa shape index (κ2) is 8.34. The van der Waals surface area contributed by atoms with Gasteiger partial charge in [-0.2, -0.15) is 8.42 Å². The van der Waals surface area contributed by atoms with Gasteiger partial charge in [0.2, 0.25) is 5.91 Å². The average Bonchev–Trinajstić information content (AvgIpc) is 2.52. The maximum Gasteiger partial charge on any atom is 0.308 e. The molecule has 0 fully saturated rings. The standard InChI is InChI=1S/C17H27NO4S/c1-6-14(5)18(17(19)13(3)4)12-15-8-10-16(11-9-15)22-23(20,21)7-2/h8-11,13-14H,6-7,12H2,1-5H3/t14-/m1/s1. The minimum Gasteiger partial charge on any atom is -0.382 e. The lowest BCUT2D eigenvalue weighted by Gasteiger charge is -2.30. The topological polar surface area (TPSA) is 63.7 Å². The Hall–Kier alpha value is -1.56. The van der Waals surface area contributed by atoms with E-state index in [1.165, 1.54) is 6.92 Å². The van der Waals surface area contributed by atoms with Crippen molar-refractivity contribution in [2.45, 2.75) is 53.6 Å². The molecule has 0 spiro atoms. The number of nitrogens with zero attached hydrogens (tertiary/aromatic N) is 1. The van der Waals surface area contributed by atoms with Crippen molar-refractivity contribution in [3.8, 4) is 5.75 Å². The first-order valence-electron chi connectivity index (χ1n) is 8.01. The van der Waals surface area contributed by atoms with Crippen LogP contribution in [0.15, 0.2) is 24.3 Å². The minimum atomic E-state index is -3.52. The van der Waals surface area contributed by atoms with Crippen LogP contribution in [0.1, 0.15) is 46.6 Å². The predicted molar refractivity (Wildman–Crippen MR) is 91.7 cm³/mol.